The number of aromatic nitrogens is 2. The number of hydrogen-bond donors (Lipinski definition) is 1. The number of piperidine rings is 1. The monoisotopic (exact) mass is 433 g/mol. The normalized spacial score (nSPS) is 17.2. The SMILES string of the molecule is COc1ccc(C)cc1S(=O)(=O)N(C)Cc1nc([C@H]2CCCNC2)cc(N(C)C)n1. The van der Waals surface area contributed by atoms with Gasteiger partial charge in [-0.05, 0) is 44.0 Å². The van der Waals surface area contributed by atoms with E-state index in [9.17, 15) is 8.42 Å². The Morgan fingerprint density at radius 1 is 1.20 bits per heavy atom. The van der Waals surface area contributed by atoms with E-state index in [0.717, 1.165) is 43.0 Å². The molecule has 1 aromatic heterocycles. The van der Waals surface area contributed by atoms with Crippen LogP contribution < -0.4 is 15.0 Å². The third-order valence-electron chi connectivity index (χ3n) is 5.32. The molecule has 0 bridgehead atoms. The van der Waals surface area contributed by atoms with Crippen LogP contribution >= 0.6 is 0 Å². The number of nitrogens with one attached hydrogen (secondary N) is 1. The van der Waals surface area contributed by atoms with Crippen molar-refractivity contribution in [3.05, 3.63) is 41.3 Å². The Bertz CT molecular complexity index is 988. The third kappa shape index (κ3) is 4.91. The highest BCUT2D eigenvalue weighted by Crippen LogP contribution is 2.29. The number of anilines is 1. The molecule has 1 aliphatic rings. The van der Waals surface area contributed by atoms with Gasteiger partial charge in [0.05, 0.1) is 19.3 Å². The number of sulfonamides is 1. The Labute approximate surface area is 179 Å². The van der Waals surface area contributed by atoms with E-state index in [1.165, 1.54) is 11.4 Å². The maximum absolute atomic E-state index is 13.2. The highest BCUT2D eigenvalue weighted by molar-refractivity contribution is 7.89. The molecule has 8 nitrogen and oxygen atoms in total. The van der Waals surface area contributed by atoms with Gasteiger partial charge in [0.25, 0.3) is 0 Å². The van der Waals surface area contributed by atoms with E-state index in [0.29, 0.717) is 17.5 Å². The van der Waals surface area contributed by atoms with Crippen molar-refractivity contribution in [2.45, 2.75) is 37.1 Å². The summed E-state index contributed by atoms with van der Waals surface area (Å²) in [4.78, 5) is 11.4. The van der Waals surface area contributed by atoms with Crippen molar-refractivity contribution in [3.8, 4) is 5.75 Å². The van der Waals surface area contributed by atoms with Crippen molar-refractivity contribution in [1.29, 1.82) is 0 Å². The Kier molecular flexibility index (Phi) is 6.95. The standard InChI is InChI=1S/C21H31N5O3S/c1-15-8-9-18(29-5)19(11-15)30(27,28)26(4)14-20-23-17(12-21(24-20)25(2)3)16-7-6-10-22-13-16/h8-9,11-12,16,22H,6-7,10,13-14H2,1-5H3/t16-/m0/s1. The number of hydrogen-bond acceptors (Lipinski definition) is 7. The van der Waals surface area contributed by atoms with E-state index >= 15 is 0 Å². The lowest BCUT2D eigenvalue weighted by Crippen LogP contribution is -2.31. The molecule has 1 N–H and O–H groups in total. The molecular weight excluding hydrogens is 402 g/mol. The summed E-state index contributed by atoms with van der Waals surface area (Å²) in [5.41, 5.74) is 1.80. The smallest absolute Gasteiger partial charge is 0.246 e. The number of nitrogens with zero attached hydrogens (tertiary/aromatic N) is 4. The molecule has 3 rings (SSSR count). The van der Waals surface area contributed by atoms with Gasteiger partial charge in [-0.2, -0.15) is 4.31 Å². The first kappa shape index (κ1) is 22.5. The fourth-order valence-corrected chi connectivity index (χ4v) is 4.92. The van der Waals surface area contributed by atoms with Crippen LogP contribution in [0.25, 0.3) is 0 Å². The molecule has 1 fully saturated rings. The van der Waals surface area contributed by atoms with Gasteiger partial charge in [-0.15, -0.1) is 0 Å². The second-order valence-electron chi connectivity index (χ2n) is 7.92. The van der Waals surface area contributed by atoms with E-state index in [2.05, 4.69) is 10.3 Å². The van der Waals surface area contributed by atoms with Crippen molar-refractivity contribution >= 4 is 15.8 Å². The molecule has 0 amide bonds. The molecule has 0 saturated carbocycles. The predicted octanol–water partition coefficient (Wildman–Crippen LogP) is 2.15. The average Bonchev–Trinajstić information content (AvgIpc) is 2.74. The molecule has 164 valence electrons. The first-order valence-electron chi connectivity index (χ1n) is 10.1. The molecule has 1 aromatic carbocycles. The Hall–Kier alpha value is -2.23. The second-order valence-corrected chi connectivity index (χ2v) is 9.93. The topological polar surface area (TPSA) is 87.7 Å². The second kappa shape index (κ2) is 9.28. The average molecular weight is 434 g/mol. The Morgan fingerprint density at radius 3 is 2.60 bits per heavy atom. The number of methoxy groups -OCH3 is 1. The van der Waals surface area contributed by atoms with Gasteiger partial charge in [-0.3, -0.25) is 0 Å². The molecule has 2 aromatic rings. The van der Waals surface area contributed by atoms with Gasteiger partial charge in [0, 0.05) is 39.7 Å². The fourth-order valence-electron chi connectivity index (χ4n) is 3.55. The zero-order chi connectivity index (χ0) is 21.9. The molecule has 1 aliphatic heterocycles. The lowest BCUT2D eigenvalue weighted by atomic mass is 9.96. The van der Waals surface area contributed by atoms with Gasteiger partial charge in [-0.25, -0.2) is 18.4 Å². The van der Waals surface area contributed by atoms with Crippen LogP contribution in [0, 0.1) is 6.92 Å². The first-order chi connectivity index (χ1) is 14.2. The maximum atomic E-state index is 13.2. The summed E-state index contributed by atoms with van der Waals surface area (Å²) in [7, 11) is 3.09. The van der Waals surface area contributed by atoms with Crippen LogP contribution in [-0.4, -0.2) is 64.0 Å². The van der Waals surface area contributed by atoms with E-state index in [1.807, 2.05) is 38.1 Å². The molecule has 9 heteroatoms. The summed E-state index contributed by atoms with van der Waals surface area (Å²) in [6, 6.07) is 7.12. The number of rotatable bonds is 7. The van der Waals surface area contributed by atoms with Crippen molar-refractivity contribution in [3.63, 3.8) is 0 Å². The number of ether oxygens (including phenoxy) is 1. The van der Waals surface area contributed by atoms with Crippen molar-refractivity contribution < 1.29 is 13.2 Å². The quantitative estimate of drug-likeness (QED) is 0.716. The van der Waals surface area contributed by atoms with E-state index < -0.39 is 10.0 Å². The molecule has 0 spiro atoms. The van der Waals surface area contributed by atoms with Crippen LogP contribution in [0.2, 0.25) is 0 Å². The van der Waals surface area contributed by atoms with Crippen molar-refractivity contribution in [2.75, 3.05) is 46.2 Å². The van der Waals surface area contributed by atoms with Gasteiger partial charge >= 0.3 is 0 Å². The summed E-state index contributed by atoms with van der Waals surface area (Å²) in [6.45, 7) is 3.83. The summed E-state index contributed by atoms with van der Waals surface area (Å²) in [5, 5.41) is 3.41. The number of aryl methyl sites for hydroxylation is 1. The summed E-state index contributed by atoms with van der Waals surface area (Å²) < 4.78 is 33.1. The van der Waals surface area contributed by atoms with Crippen LogP contribution in [0.15, 0.2) is 29.2 Å². The zero-order valence-corrected chi connectivity index (χ0v) is 19.2. The lowest BCUT2D eigenvalue weighted by molar-refractivity contribution is 0.396. The highest BCUT2D eigenvalue weighted by atomic mass is 32.2. The molecule has 0 aliphatic carbocycles. The molecule has 1 atom stereocenters. The van der Waals surface area contributed by atoms with E-state index in [4.69, 9.17) is 9.72 Å². The highest BCUT2D eigenvalue weighted by Gasteiger charge is 2.27. The summed E-state index contributed by atoms with van der Waals surface area (Å²) in [6.07, 6.45) is 2.16. The molecule has 30 heavy (non-hydrogen) atoms. The minimum absolute atomic E-state index is 0.0776. The van der Waals surface area contributed by atoms with Gasteiger partial charge in [-0.1, -0.05) is 6.07 Å². The van der Waals surface area contributed by atoms with Crippen LogP contribution in [0.1, 0.15) is 35.8 Å². The predicted molar refractivity (Wildman–Crippen MR) is 118 cm³/mol. The number of benzene rings is 1. The molecule has 2 heterocycles. The van der Waals surface area contributed by atoms with Crippen molar-refractivity contribution in [2.24, 2.45) is 0 Å². The van der Waals surface area contributed by atoms with Gasteiger partial charge in [0.1, 0.15) is 22.3 Å². The molecule has 1 saturated heterocycles. The molecular formula is C21H31N5O3S. The molecule has 0 radical (unpaired) electrons. The van der Waals surface area contributed by atoms with Crippen LogP contribution in [0.4, 0.5) is 5.82 Å². The van der Waals surface area contributed by atoms with Gasteiger partial charge < -0.3 is 15.0 Å². The van der Waals surface area contributed by atoms with Crippen molar-refractivity contribution in [1.82, 2.24) is 19.6 Å². The van der Waals surface area contributed by atoms with E-state index in [1.54, 1.807) is 19.2 Å². The fraction of sp³-hybridized carbons (Fsp3) is 0.524. The van der Waals surface area contributed by atoms with Crippen LogP contribution in [0.3, 0.4) is 0 Å². The molecule has 0 unspecified atom stereocenters. The first-order valence-corrected chi connectivity index (χ1v) is 11.5. The minimum Gasteiger partial charge on any atom is -0.495 e. The van der Waals surface area contributed by atoms with Gasteiger partial charge in [0.2, 0.25) is 10.0 Å². The third-order valence-corrected chi connectivity index (χ3v) is 7.15. The summed E-state index contributed by atoms with van der Waals surface area (Å²) >= 11 is 0. The maximum Gasteiger partial charge on any atom is 0.246 e. The van der Waals surface area contributed by atoms with Crippen LogP contribution in [0.5, 0.6) is 5.75 Å². The minimum atomic E-state index is -3.77. The van der Waals surface area contributed by atoms with Crippen LogP contribution in [-0.2, 0) is 16.6 Å². The largest absolute Gasteiger partial charge is 0.495 e. The van der Waals surface area contributed by atoms with Gasteiger partial charge in [0.15, 0.2) is 0 Å². The zero-order valence-electron chi connectivity index (χ0n) is 18.3. The van der Waals surface area contributed by atoms with E-state index in [-0.39, 0.29) is 11.4 Å². The Morgan fingerprint density at radius 2 is 1.97 bits per heavy atom. The Balaban J connectivity index is 1.92. The lowest BCUT2D eigenvalue weighted by Gasteiger charge is -2.25. The summed E-state index contributed by atoms with van der Waals surface area (Å²) in [5.74, 6) is 1.89.